The SMILES string of the molecule is O=[N+]([O-])c1cccc(S(=O)(=O)C/C=C/CSC/C=C/CS(=O)(=O)c2cccc([N+](=O)[O-])c2)c1. The third-order valence-electron chi connectivity index (χ3n) is 4.17. The Kier molecular flexibility index (Phi) is 9.32. The summed E-state index contributed by atoms with van der Waals surface area (Å²) in [4.78, 5) is 20.0. The molecule has 0 aliphatic heterocycles. The van der Waals surface area contributed by atoms with Gasteiger partial charge < -0.3 is 0 Å². The molecule has 0 aromatic heterocycles. The molecule has 10 nitrogen and oxygen atoms in total. The molecule has 0 N–H and O–H groups in total. The molecule has 0 spiro atoms. The van der Waals surface area contributed by atoms with Crippen molar-refractivity contribution in [1.82, 2.24) is 0 Å². The molecule has 0 saturated carbocycles. The fraction of sp³-hybridized carbons (Fsp3) is 0.200. The van der Waals surface area contributed by atoms with Crippen LogP contribution in [0.15, 0.2) is 82.6 Å². The van der Waals surface area contributed by atoms with Gasteiger partial charge in [0.05, 0.1) is 31.1 Å². The molecule has 0 aliphatic rings. The molecule has 176 valence electrons. The van der Waals surface area contributed by atoms with Gasteiger partial charge in [0.15, 0.2) is 19.7 Å². The van der Waals surface area contributed by atoms with Gasteiger partial charge in [-0.1, -0.05) is 36.4 Å². The van der Waals surface area contributed by atoms with Crippen molar-refractivity contribution in [2.75, 3.05) is 23.0 Å². The number of nitrogens with zero attached hydrogens (tertiary/aromatic N) is 2. The lowest BCUT2D eigenvalue weighted by Gasteiger charge is -2.01. The van der Waals surface area contributed by atoms with E-state index in [1.165, 1.54) is 60.3 Å². The summed E-state index contributed by atoms with van der Waals surface area (Å²) in [7, 11) is -7.38. The van der Waals surface area contributed by atoms with Gasteiger partial charge in [0.2, 0.25) is 0 Å². The number of thioether (sulfide) groups is 1. The molecule has 0 fully saturated rings. The maximum absolute atomic E-state index is 12.3. The number of sulfone groups is 2. The Labute approximate surface area is 195 Å². The normalized spacial score (nSPS) is 12.4. The van der Waals surface area contributed by atoms with Gasteiger partial charge in [-0.05, 0) is 12.1 Å². The molecule has 2 rings (SSSR count). The van der Waals surface area contributed by atoms with Crippen LogP contribution < -0.4 is 0 Å². The molecule has 0 radical (unpaired) electrons. The van der Waals surface area contributed by atoms with Crippen LogP contribution >= 0.6 is 11.8 Å². The summed E-state index contributed by atoms with van der Waals surface area (Å²) in [6.07, 6.45) is 6.20. The van der Waals surface area contributed by atoms with Crippen molar-refractivity contribution in [2.24, 2.45) is 0 Å². The van der Waals surface area contributed by atoms with Crippen LogP contribution in [-0.2, 0) is 19.7 Å². The molecule has 0 amide bonds. The van der Waals surface area contributed by atoms with Crippen molar-refractivity contribution in [3.05, 3.63) is 93.1 Å². The molecule has 0 heterocycles. The Morgan fingerprint density at radius 3 is 1.45 bits per heavy atom. The number of hydrogen-bond acceptors (Lipinski definition) is 9. The Balaban J connectivity index is 1.79. The van der Waals surface area contributed by atoms with Gasteiger partial charge in [-0.2, -0.15) is 11.8 Å². The van der Waals surface area contributed by atoms with Crippen molar-refractivity contribution in [3.8, 4) is 0 Å². The molecular formula is C20H20N2O8S3. The van der Waals surface area contributed by atoms with Crippen molar-refractivity contribution in [3.63, 3.8) is 0 Å². The largest absolute Gasteiger partial charge is 0.270 e. The van der Waals surface area contributed by atoms with E-state index in [0.29, 0.717) is 11.5 Å². The Morgan fingerprint density at radius 1 is 0.697 bits per heavy atom. The topological polar surface area (TPSA) is 155 Å². The summed E-state index contributed by atoms with van der Waals surface area (Å²) in [6.45, 7) is 0. The maximum atomic E-state index is 12.3. The summed E-state index contributed by atoms with van der Waals surface area (Å²) < 4.78 is 49.1. The molecule has 2 aromatic carbocycles. The molecule has 13 heteroatoms. The minimum Gasteiger partial charge on any atom is -0.258 e. The highest BCUT2D eigenvalue weighted by Gasteiger charge is 2.17. The average molecular weight is 513 g/mol. The van der Waals surface area contributed by atoms with Crippen molar-refractivity contribution < 1.29 is 26.7 Å². The Bertz CT molecular complexity index is 1190. The van der Waals surface area contributed by atoms with E-state index >= 15 is 0 Å². The summed E-state index contributed by atoms with van der Waals surface area (Å²) in [5.74, 6) is 0.358. The first kappa shape index (κ1) is 26.2. The Morgan fingerprint density at radius 2 is 1.09 bits per heavy atom. The van der Waals surface area contributed by atoms with E-state index in [1.54, 1.807) is 12.2 Å². The monoisotopic (exact) mass is 512 g/mol. The number of benzene rings is 2. The van der Waals surface area contributed by atoms with E-state index in [9.17, 15) is 37.1 Å². The molecule has 33 heavy (non-hydrogen) atoms. The van der Waals surface area contributed by atoms with E-state index in [0.717, 1.165) is 12.1 Å². The number of rotatable bonds is 12. The molecule has 0 bridgehead atoms. The van der Waals surface area contributed by atoms with Crippen LogP contribution in [-0.4, -0.2) is 49.7 Å². The van der Waals surface area contributed by atoms with Gasteiger partial charge in [0.1, 0.15) is 0 Å². The quantitative estimate of drug-likeness (QED) is 0.179. The second-order valence-corrected chi connectivity index (χ2v) is 11.7. The zero-order valence-electron chi connectivity index (χ0n) is 17.1. The maximum Gasteiger partial charge on any atom is 0.270 e. The zero-order chi connectivity index (χ0) is 24.5. The van der Waals surface area contributed by atoms with E-state index < -0.39 is 29.5 Å². The number of hydrogen-bond donors (Lipinski definition) is 0. The van der Waals surface area contributed by atoms with Gasteiger partial charge in [0.25, 0.3) is 11.4 Å². The van der Waals surface area contributed by atoms with E-state index in [1.807, 2.05) is 0 Å². The second kappa shape index (κ2) is 11.7. The number of nitro groups is 2. The van der Waals surface area contributed by atoms with Crippen LogP contribution in [0.3, 0.4) is 0 Å². The highest BCUT2D eigenvalue weighted by molar-refractivity contribution is 7.99. The third kappa shape index (κ3) is 8.11. The lowest BCUT2D eigenvalue weighted by atomic mass is 10.3. The van der Waals surface area contributed by atoms with Crippen LogP contribution in [0.5, 0.6) is 0 Å². The van der Waals surface area contributed by atoms with Gasteiger partial charge in [-0.3, -0.25) is 20.2 Å². The average Bonchev–Trinajstić information content (AvgIpc) is 2.78. The van der Waals surface area contributed by atoms with Crippen LogP contribution in [0.2, 0.25) is 0 Å². The van der Waals surface area contributed by atoms with Crippen LogP contribution in [0, 0.1) is 20.2 Å². The smallest absolute Gasteiger partial charge is 0.258 e. The Hall–Kier alpha value is -3.03. The van der Waals surface area contributed by atoms with Gasteiger partial charge in [0, 0.05) is 35.8 Å². The van der Waals surface area contributed by atoms with Crippen molar-refractivity contribution in [1.29, 1.82) is 0 Å². The lowest BCUT2D eigenvalue weighted by Crippen LogP contribution is -2.05. The lowest BCUT2D eigenvalue weighted by molar-refractivity contribution is -0.385. The first-order valence-electron chi connectivity index (χ1n) is 9.35. The number of nitro benzene ring substituents is 2. The zero-order valence-corrected chi connectivity index (χ0v) is 19.6. The summed E-state index contributed by atoms with van der Waals surface area (Å²) >= 11 is 1.42. The summed E-state index contributed by atoms with van der Waals surface area (Å²) in [5.41, 5.74) is -0.593. The summed E-state index contributed by atoms with van der Waals surface area (Å²) in [5, 5.41) is 21.6. The molecule has 0 unspecified atom stereocenters. The molecule has 0 saturated heterocycles. The minimum atomic E-state index is -3.69. The van der Waals surface area contributed by atoms with Crippen LogP contribution in [0.1, 0.15) is 0 Å². The molecule has 2 aromatic rings. The predicted octanol–water partition coefficient (Wildman–Crippen LogP) is 3.60. The predicted molar refractivity (Wildman–Crippen MR) is 126 cm³/mol. The number of non-ortho nitro benzene ring substituents is 2. The molecular weight excluding hydrogens is 492 g/mol. The van der Waals surface area contributed by atoms with Gasteiger partial charge in [-0.25, -0.2) is 16.8 Å². The molecule has 0 atom stereocenters. The van der Waals surface area contributed by atoms with Crippen molar-refractivity contribution in [2.45, 2.75) is 9.79 Å². The first-order chi connectivity index (χ1) is 15.5. The van der Waals surface area contributed by atoms with E-state index in [4.69, 9.17) is 0 Å². The van der Waals surface area contributed by atoms with Crippen molar-refractivity contribution >= 4 is 42.8 Å². The third-order valence-corrected chi connectivity index (χ3v) is 8.23. The second-order valence-electron chi connectivity index (χ2n) is 6.55. The van der Waals surface area contributed by atoms with E-state index in [-0.39, 0.29) is 32.7 Å². The highest BCUT2D eigenvalue weighted by atomic mass is 32.2. The minimum absolute atomic E-state index is 0.123. The van der Waals surface area contributed by atoms with Gasteiger partial charge in [-0.15, -0.1) is 0 Å². The standard InChI is InChI=1S/C20H20N2O8S3/c23-21(24)17-7-5-9-19(15-17)32(27,28)13-3-1-11-31-12-2-4-14-33(29,30)20-10-6-8-18(16-20)22(25)26/h1-10,15-16H,11-14H2/b3-1+,4-2+. The van der Waals surface area contributed by atoms with Crippen LogP contribution in [0.4, 0.5) is 11.4 Å². The first-order valence-corrected chi connectivity index (χ1v) is 13.8. The van der Waals surface area contributed by atoms with Crippen LogP contribution in [0.25, 0.3) is 0 Å². The molecule has 0 aliphatic carbocycles. The fourth-order valence-corrected chi connectivity index (χ4v) is 5.52. The van der Waals surface area contributed by atoms with E-state index in [2.05, 4.69) is 0 Å². The fourth-order valence-electron chi connectivity index (χ4n) is 2.50. The highest BCUT2D eigenvalue weighted by Crippen LogP contribution is 2.19. The van der Waals surface area contributed by atoms with Gasteiger partial charge >= 0.3 is 0 Å². The summed E-state index contributed by atoms with van der Waals surface area (Å²) in [6, 6.07) is 9.71.